The maximum Gasteiger partial charge on any atom is 0.254 e. The average molecular weight is 405 g/mol. The molecule has 30 heavy (non-hydrogen) atoms. The lowest BCUT2D eigenvalue weighted by Crippen LogP contribution is -2.31. The summed E-state index contributed by atoms with van der Waals surface area (Å²) in [6.07, 6.45) is 9.68. The topological polar surface area (TPSA) is 73.9 Å². The Bertz CT molecular complexity index is 1120. The summed E-state index contributed by atoms with van der Waals surface area (Å²) in [5, 5.41) is 4.56. The third-order valence-corrected chi connectivity index (χ3v) is 5.84. The number of allylic oxidation sites excluding steroid dienone is 1. The average Bonchev–Trinajstić information content (AvgIpc) is 3.52. The molecule has 1 aliphatic heterocycles. The van der Waals surface area contributed by atoms with E-state index in [0.29, 0.717) is 18.7 Å². The first-order chi connectivity index (χ1) is 14.7. The molecule has 0 aromatic carbocycles. The molecule has 154 valence electrons. The number of hydrogen-bond acceptors (Lipinski definition) is 4. The van der Waals surface area contributed by atoms with E-state index < -0.39 is 5.95 Å². The largest absolute Gasteiger partial charge is 0.370 e. The Labute approximate surface area is 174 Å². The van der Waals surface area contributed by atoms with Gasteiger partial charge < -0.3 is 15.2 Å². The molecule has 5 rings (SSSR count). The van der Waals surface area contributed by atoms with Crippen molar-refractivity contribution in [2.75, 3.05) is 25.0 Å². The van der Waals surface area contributed by atoms with E-state index in [1.165, 1.54) is 30.7 Å². The van der Waals surface area contributed by atoms with E-state index in [4.69, 9.17) is 4.98 Å². The van der Waals surface area contributed by atoms with Crippen molar-refractivity contribution in [1.82, 2.24) is 19.9 Å². The number of carbonyl (C=O) groups is 1. The van der Waals surface area contributed by atoms with E-state index in [9.17, 15) is 9.18 Å². The van der Waals surface area contributed by atoms with Gasteiger partial charge in [-0.2, -0.15) is 4.39 Å². The predicted octanol–water partition coefficient (Wildman–Crippen LogP) is 4.24. The van der Waals surface area contributed by atoms with Gasteiger partial charge in [0.1, 0.15) is 11.5 Å². The van der Waals surface area contributed by atoms with Crippen molar-refractivity contribution in [3.8, 4) is 0 Å². The zero-order valence-electron chi connectivity index (χ0n) is 16.7. The lowest BCUT2D eigenvalue weighted by Gasteiger charge is -2.19. The third-order valence-electron chi connectivity index (χ3n) is 5.84. The molecule has 0 unspecified atom stereocenters. The second-order valence-corrected chi connectivity index (χ2v) is 8.07. The molecular weight excluding hydrogens is 381 g/mol. The van der Waals surface area contributed by atoms with Crippen molar-refractivity contribution in [2.45, 2.75) is 25.7 Å². The van der Waals surface area contributed by atoms with E-state index in [1.807, 2.05) is 6.20 Å². The lowest BCUT2D eigenvalue weighted by molar-refractivity contribution is 0.0774. The van der Waals surface area contributed by atoms with Crippen LogP contribution in [0.25, 0.3) is 16.6 Å². The summed E-state index contributed by atoms with van der Waals surface area (Å²) >= 11 is 0. The molecule has 6 nitrogen and oxygen atoms in total. The summed E-state index contributed by atoms with van der Waals surface area (Å²) < 4.78 is 13.4. The van der Waals surface area contributed by atoms with Crippen LogP contribution in [0.1, 0.15) is 41.6 Å². The van der Waals surface area contributed by atoms with Gasteiger partial charge in [0.2, 0.25) is 5.95 Å². The van der Waals surface area contributed by atoms with Crippen LogP contribution in [-0.2, 0) is 0 Å². The van der Waals surface area contributed by atoms with Crippen molar-refractivity contribution in [3.63, 3.8) is 0 Å². The summed E-state index contributed by atoms with van der Waals surface area (Å²) in [6, 6.07) is 6.93. The summed E-state index contributed by atoms with van der Waals surface area (Å²) in [6.45, 7) is 2.09. The van der Waals surface area contributed by atoms with Gasteiger partial charge in [-0.25, -0.2) is 9.97 Å². The van der Waals surface area contributed by atoms with Crippen LogP contribution < -0.4 is 5.32 Å². The molecule has 1 aliphatic carbocycles. The van der Waals surface area contributed by atoms with Crippen LogP contribution in [0.2, 0.25) is 0 Å². The minimum Gasteiger partial charge on any atom is -0.370 e. The van der Waals surface area contributed by atoms with E-state index in [-0.39, 0.29) is 5.91 Å². The molecule has 0 saturated heterocycles. The fraction of sp³-hybridized carbons (Fsp3) is 0.348. The fourth-order valence-electron chi connectivity index (χ4n) is 3.99. The molecule has 4 heterocycles. The lowest BCUT2D eigenvalue weighted by atomic mass is 9.99. The van der Waals surface area contributed by atoms with Gasteiger partial charge >= 0.3 is 0 Å². The van der Waals surface area contributed by atoms with Gasteiger partial charge in [-0.15, -0.1) is 0 Å². The van der Waals surface area contributed by atoms with E-state index in [0.717, 1.165) is 47.7 Å². The van der Waals surface area contributed by atoms with Crippen LogP contribution in [0.4, 0.5) is 10.2 Å². The first-order valence-electron chi connectivity index (χ1n) is 10.5. The molecule has 3 aromatic heterocycles. The van der Waals surface area contributed by atoms with Crippen LogP contribution in [-0.4, -0.2) is 45.4 Å². The molecule has 0 bridgehead atoms. The van der Waals surface area contributed by atoms with Crippen LogP contribution in [0.3, 0.4) is 0 Å². The number of nitrogens with zero attached hydrogens (tertiary/aromatic N) is 3. The van der Waals surface area contributed by atoms with Crippen molar-refractivity contribution in [2.24, 2.45) is 5.92 Å². The van der Waals surface area contributed by atoms with Crippen LogP contribution in [0.5, 0.6) is 0 Å². The van der Waals surface area contributed by atoms with Crippen LogP contribution >= 0.6 is 0 Å². The number of aromatic nitrogens is 3. The first-order valence-corrected chi connectivity index (χ1v) is 10.5. The maximum absolute atomic E-state index is 13.4. The number of hydrogen-bond donors (Lipinski definition) is 2. The molecule has 0 radical (unpaired) electrons. The Balaban J connectivity index is 1.40. The number of carbonyl (C=O) groups excluding carboxylic acids is 1. The van der Waals surface area contributed by atoms with E-state index >= 15 is 0 Å². The molecule has 1 fully saturated rings. The molecule has 7 heteroatoms. The quantitative estimate of drug-likeness (QED) is 0.623. The normalized spacial score (nSPS) is 17.0. The third kappa shape index (κ3) is 3.92. The first kappa shape index (κ1) is 18.8. The Morgan fingerprint density at radius 1 is 1.30 bits per heavy atom. The number of aromatic amines is 1. The summed E-state index contributed by atoms with van der Waals surface area (Å²) in [7, 11) is 0. The van der Waals surface area contributed by atoms with Gasteiger partial charge in [-0.05, 0) is 60.9 Å². The van der Waals surface area contributed by atoms with Gasteiger partial charge in [0.15, 0.2) is 0 Å². The minimum atomic E-state index is -0.634. The number of pyridine rings is 2. The summed E-state index contributed by atoms with van der Waals surface area (Å²) in [4.78, 5) is 26.0. The molecule has 3 aromatic rings. The monoisotopic (exact) mass is 405 g/mol. The summed E-state index contributed by atoms with van der Waals surface area (Å²) in [5.41, 5.74) is 3.58. The Hall–Kier alpha value is -3.22. The number of amides is 1. The zero-order chi connectivity index (χ0) is 20.5. The second kappa shape index (κ2) is 7.89. The highest BCUT2D eigenvalue weighted by Crippen LogP contribution is 2.32. The highest BCUT2D eigenvalue weighted by Gasteiger charge is 2.22. The highest BCUT2D eigenvalue weighted by atomic mass is 19.1. The van der Waals surface area contributed by atoms with Gasteiger partial charge in [0.25, 0.3) is 5.91 Å². The molecule has 2 N–H and O–H groups in total. The number of nitrogens with one attached hydrogen (secondary N) is 2. The Morgan fingerprint density at radius 3 is 3.03 bits per heavy atom. The van der Waals surface area contributed by atoms with Crippen LogP contribution in [0.15, 0.2) is 42.7 Å². The number of anilines is 1. The summed E-state index contributed by atoms with van der Waals surface area (Å²) in [5.74, 6) is 0.855. The van der Waals surface area contributed by atoms with Crippen molar-refractivity contribution >= 4 is 28.3 Å². The Morgan fingerprint density at radius 2 is 2.20 bits per heavy atom. The highest BCUT2D eigenvalue weighted by molar-refractivity contribution is 5.95. The van der Waals surface area contributed by atoms with Crippen molar-refractivity contribution in [1.29, 1.82) is 0 Å². The van der Waals surface area contributed by atoms with E-state index in [2.05, 4.69) is 33.5 Å². The molecule has 1 saturated carbocycles. The molecule has 0 atom stereocenters. The molecular formula is C23H24FN5O. The van der Waals surface area contributed by atoms with Crippen LogP contribution in [0, 0.1) is 11.9 Å². The Kier molecular flexibility index (Phi) is 4.94. The molecule has 2 aliphatic rings. The predicted molar refractivity (Wildman–Crippen MR) is 115 cm³/mol. The van der Waals surface area contributed by atoms with Gasteiger partial charge in [0.05, 0.1) is 0 Å². The number of rotatable bonds is 5. The molecule has 0 spiro atoms. The molecule has 1 amide bonds. The second-order valence-electron chi connectivity index (χ2n) is 8.07. The van der Waals surface area contributed by atoms with E-state index in [1.54, 1.807) is 11.0 Å². The van der Waals surface area contributed by atoms with Crippen molar-refractivity contribution in [3.05, 3.63) is 59.8 Å². The van der Waals surface area contributed by atoms with Crippen molar-refractivity contribution < 1.29 is 9.18 Å². The fourth-order valence-corrected chi connectivity index (χ4v) is 3.99. The standard InChI is InChI=1S/C23H24FN5O/c24-20-12-17(5-8-25-20)23(30)29-10-1-2-16(7-11-29)19-13-21(27-14-15-3-4-15)28-22-18(19)6-9-26-22/h5-9,12-13,15H,1-4,10-11,14H2,(H2,26,27,28). The number of halogens is 1. The van der Waals surface area contributed by atoms with Gasteiger partial charge in [-0.3, -0.25) is 4.79 Å². The maximum atomic E-state index is 13.4. The van der Waals surface area contributed by atoms with Gasteiger partial charge in [-0.1, -0.05) is 6.08 Å². The SMILES string of the molecule is O=C(c1ccnc(F)c1)N1CC=C(c2cc(NCC3CC3)nc3[nH]ccc23)CCC1. The van der Waals surface area contributed by atoms with Gasteiger partial charge in [0, 0.05) is 49.0 Å². The number of H-pyrrole nitrogens is 1. The minimum absolute atomic E-state index is 0.165. The zero-order valence-corrected chi connectivity index (χ0v) is 16.7. The number of fused-ring (bicyclic) bond motifs is 1. The smallest absolute Gasteiger partial charge is 0.254 e.